The zero-order valence-electron chi connectivity index (χ0n) is 10.6. The smallest absolute Gasteiger partial charge is 0.223 e. The molecule has 1 N–H and O–H groups in total. The van der Waals surface area contributed by atoms with E-state index in [-0.39, 0.29) is 21.2 Å². The average Bonchev–Trinajstić information content (AvgIpc) is 2.27. The van der Waals surface area contributed by atoms with E-state index in [1.54, 1.807) is 6.92 Å². The molecule has 2 rings (SSSR count). The summed E-state index contributed by atoms with van der Waals surface area (Å²) in [6.45, 7) is 1.66. The zero-order chi connectivity index (χ0) is 14.0. The van der Waals surface area contributed by atoms with Crippen molar-refractivity contribution >= 4 is 33.2 Å². The summed E-state index contributed by atoms with van der Waals surface area (Å²) < 4.78 is 27.5. The molecular weight excluding hydrogens is 307 g/mol. The Balaban J connectivity index is 2.29. The first kappa shape index (κ1) is 15.0. The number of nitrogens with zero attached hydrogens (tertiary/aromatic N) is 1. The second-order valence-electron chi connectivity index (χ2n) is 4.84. The molecule has 106 valence electrons. The molecule has 1 aromatic heterocycles. The topological polar surface area (TPSA) is 59.1 Å². The SMILES string of the molecule is Cc1cc(Cl)nc(Cl)c1S(=O)(=O)NC1CCCCC1. The zero-order valence-corrected chi connectivity index (χ0v) is 12.9. The van der Waals surface area contributed by atoms with Crippen molar-refractivity contribution < 1.29 is 8.42 Å². The lowest BCUT2D eigenvalue weighted by atomic mass is 9.96. The van der Waals surface area contributed by atoms with Gasteiger partial charge in [0.2, 0.25) is 10.0 Å². The number of aryl methyl sites for hydroxylation is 1. The quantitative estimate of drug-likeness (QED) is 0.868. The molecule has 0 spiro atoms. The number of rotatable bonds is 3. The van der Waals surface area contributed by atoms with Gasteiger partial charge in [-0.15, -0.1) is 0 Å². The van der Waals surface area contributed by atoms with Crippen molar-refractivity contribution in [1.29, 1.82) is 0 Å². The molecule has 1 aromatic rings. The second-order valence-corrected chi connectivity index (χ2v) is 7.23. The molecule has 1 fully saturated rings. The highest BCUT2D eigenvalue weighted by Crippen LogP contribution is 2.27. The number of hydrogen-bond acceptors (Lipinski definition) is 3. The summed E-state index contributed by atoms with van der Waals surface area (Å²) in [4.78, 5) is 3.84. The third-order valence-corrected chi connectivity index (χ3v) is 5.56. The molecule has 0 atom stereocenters. The number of aromatic nitrogens is 1. The standard InChI is InChI=1S/C12H16Cl2N2O2S/c1-8-7-10(13)15-12(14)11(8)19(17,18)16-9-5-3-2-4-6-9/h7,9,16H,2-6H2,1H3. The molecular formula is C12H16Cl2N2O2S. The summed E-state index contributed by atoms with van der Waals surface area (Å²) in [7, 11) is -3.64. The molecule has 1 saturated carbocycles. The van der Waals surface area contributed by atoms with Crippen molar-refractivity contribution in [1.82, 2.24) is 9.71 Å². The third-order valence-electron chi connectivity index (χ3n) is 3.28. The van der Waals surface area contributed by atoms with E-state index in [0.29, 0.717) is 5.56 Å². The van der Waals surface area contributed by atoms with Crippen molar-refractivity contribution in [2.45, 2.75) is 50.0 Å². The highest BCUT2D eigenvalue weighted by Gasteiger charge is 2.26. The van der Waals surface area contributed by atoms with Crippen LogP contribution < -0.4 is 4.72 Å². The monoisotopic (exact) mass is 322 g/mol. The fraction of sp³-hybridized carbons (Fsp3) is 0.583. The van der Waals surface area contributed by atoms with Crippen LogP contribution in [-0.2, 0) is 10.0 Å². The normalized spacial score (nSPS) is 17.6. The van der Waals surface area contributed by atoms with Crippen LogP contribution in [0.3, 0.4) is 0 Å². The van der Waals surface area contributed by atoms with Gasteiger partial charge in [0.05, 0.1) is 0 Å². The summed E-state index contributed by atoms with van der Waals surface area (Å²) >= 11 is 11.7. The van der Waals surface area contributed by atoms with E-state index in [2.05, 4.69) is 9.71 Å². The first-order valence-electron chi connectivity index (χ1n) is 6.25. The van der Waals surface area contributed by atoms with E-state index in [0.717, 1.165) is 25.7 Å². The van der Waals surface area contributed by atoms with Crippen LogP contribution in [0, 0.1) is 6.92 Å². The van der Waals surface area contributed by atoms with Crippen LogP contribution in [0.2, 0.25) is 10.3 Å². The van der Waals surface area contributed by atoms with Crippen LogP contribution in [0.1, 0.15) is 37.7 Å². The van der Waals surface area contributed by atoms with E-state index in [9.17, 15) is 8.42 Å². The molecule has 0 unspecified atom stereocenters. The highest BCUT2D eigenvalue weighted by atomic mass is 35.5. The van der Waals surface area contributed by atoms with Crippen molar-refractivity contribution in [3.63, 3.8) is 0 Å². The lowest BCUT2D eigenvalue weighted by Gasteiger charge is -2.23. The van der Waals surface area contributed by atoms with E-state index in [1.165, 1.54) is 12.5 Å². The van der Waals surface area contributed by atoms with Gasteiger partial charge in [0.25, 0.3) is 0 Å². The largest absolute Gasteiger partial charge is 0.244 e. The Morgan fingerprint density at radius 2 is 1.89 bits per heavy atom. The van der Waals surface area contributed by atoms with Gasteiger partial charge >= 0.3 is 0 Å². The van der Waals surface area contributed by atoms with Gasteiger partial charge in [-0.2, -0.15) is 0 Å². The number of halogens is 2. The summed E-state index contributed by atoms with van der Waals surface area (Å²) in [6, 6.07) is 1.49. The van der Waals surface area contributed by atoms with Crippen LogP contribution >= 0.6 is 23.2 Å². The molecule has 19 heavy (non-hydrogen) atoms. The van der Waals surface area contributed by atoms with Gasteiger partial charge in [-0.05, 0) is 31.4 Å². The Morgan fingerprint density at radius 3 is 2.47 bits per heavy atom. The van der Waals surface area contributed by atoms with E-state index in [4.69, 9.17) is 23.2 Å². The Labute approximate surface area is 123 Å². The maximum absolute atomic E-state index is 12.4. The van der Waals surface area contributed by atoms with Crippen molar-refractivity contribution in [2.24, 2.45) is 0 Å². The fourth-order valence-electron chi connectivity index (χ4n) is 2.41. The minimum Gasteiger partial charge on any atom is -0.223 e. The van der Waals surface area contributed by atoms with Crippen LogP contribution in [0.4, 0.5) is 0 Å². The number of sulfonamides is 1. The van der Waals surface area contributed by atoms with Gasteiger partial charge in [0.15, 0.2) is 5.15 Å². The molecule has 0 aromatic carbocycles. The molecule has 4 nitrogen and oxygen atoms in total. The summed E-state index contributed by atoms with van der Waals surface area (Å²) in [5.74, 6) is 0. The Bertz CT molecular complexity index is 546. The highest BCUT2D eigenvalue weighted by molar-refractivity contribution is 7.89. The van der Waals surface area contributed by atoms with E-state index >= 15 is 0 Å². The minimum absolute atomic E-state index is 0.00936. The average molecular weight is 323 g/mol. The number of hydrogen-bond donors (Lipinski definition) is 1. The lowest BCUT2D eigenvalue weighted by Crippen LogP contribution is -2.36. The van der Waals surface area contributed by atoms with Gasteiger partial charge in [0, 0.05) is 6.04 Å². The Kier molecular flexibility index (Phi) is 4.71. The predicted molar refractivity (Wildman–Crippen MR) is 76.2 cm³/mol. The lowest BCUT2D eigenvalue weighted by molar-refractivity contribution is 0.412. The number of pyridine rings is 1. The molecule has 7 heteroatoms. The van der Waals surface area contributed by atoms with Crippen LogP contribution in [0.15, 0.2) is 11.0 Å². The Hall–Kier alpha value is -0.360. The fourth-order valence-corrected chi connectivity index (χ4v) is 4.78. The minimum atomic E-state index is -3.64. The van der Waals surface area contributed by atoms with E-state index in [1.807, 2.05) is 0 Å². The first-order valence-corrected chi connectivity index (χ1v) is 8.49. The second kappa shape index (κ2) is 5.95. The first-order chi connectivity index (χ1) is 8.90. The molecule has 0 saturated heterocycles. The van der Waals surface area contributed by atoms with Gasteiger partial charge in [-0.1, -0.05) is 42.5 Å². The Morgan fingerprint density at radius 1 is 1.26 bits per heavy atom. The van der Waals surface area contributed by atoms with Gasteiger partial charge < -0.3 is 0 Å². The summed E-state index contributed by atoms with van der Waals surface area (Å²) in [5.41, 5.74) is 0.508. The summed E-state index contributed by atoms with van der Waals surface area (Å²) in [5, 5.41) is 0.118. The van der Waals surface area contributed by atoms with Crippen molar-refractivity contribution in [2.75, 3.05) is 0 Å². The van der Waals surface area contributed by atoms with Crippen molar-refractivity contribution in [3.8, 4) is 0 Å². The van der Waals surface area contributed by atoms with Crippen LogP contribution in [-0.4, -0.2) is 19.4 Å². The van der Waals surface area contributed by atoms with Crippen LogP contribution in [0.5, 0.6) is 0 Å². The third kappa shape index (κ3) is 3.60. The molecule has 0 amide bonds. The summed E-state index contributed by atoms with van der Waals surface area (Å²) in [6.07, 6.45) is 5.02. The van der Waals surface area contributed by atoms with Crippen molar-refractivity contribution in [3.05, 3.63) is 21.9 Å². The van der Waals surface area contributed by atoms with Gasteiger partial charge in [-0.25, -0.2) is 18.1 Å². The number of nitrogens with one attached hydrogen (secondary N) is 1. The van der Waals surface area contributed by atoms with Gasteiger partial charge in [0.1, 0.15) is 10.0 Å². The molecule has 0 bridgehead atoms. The molecule has 1 aliphatic carbocycles. The van der Waals surface area contributed by atoms with E-state index < -0.39 is 10.0 Å². The molecule has 1 aliphatic rings. The van der Waals surface area contributed by atoms with Gasteiger partial charge in [-0.3, -0.25) is 0 Å². The maximum Gasteiger partial charge on any atom is 0.244 e. The van der Waals surface area contributed by atoms with Crippen LogP contribution in [0.25, 0.3) is 0 Å². The maximum atomic E-state index is 12.4. The molecule has 0 aliphatic heterocycles. The predicted octanol–water partition coefficient (Wildman–Crippen LogP) is 3.31. The molecule has 1 heterocycles. The molecule has 0 radical (unpaired) electrons.